The lowest BCUT2D eigenvalue weighted by Crippen LogP contribution is -2.60. The SMILES string of the molecule is C[C@@H]1C[C@@H](NC(=O)OC(C)(C)C)C[N+]1(C(=O)O)C(=O)OCC1c2ccccc2-c2ccccc21. The maximum atomic E-state index is 13.3. The first-order valence-electron chi connectivity index (χ1n) is 11.5. The van der Waals surface area contributed by atoms with Crippen LogP contribution in [0.1, 0.15) is 51.2 Å². The third-order valence-corrected chi connectivity index (χ3v) is 6.61. The lowest BCUT2D eigenvalue weighted by Gasteiger charge is -2.28. The second kappa shape index (κ2) is 8.76. The number of nitrogens with zero attached hydrogens (tertiary/aromatic N) is 1. The van der Waals surface area contributed by atoms with Crippen molar-refractivity contribution in [3.05, 3.63) is 59.7 Å². The van der Waals surface area contributed by atoms with E-state index in [2.05, 4.69) is 5.32 Å². The molecule has 180 valence electrons. The molecule has 2 N–H and O–H groups in total. The maximum Gasteiger partial charge on any atom is 0.527 e. The topological polar surface area (TPSA) is 102 Å². The summed E-state index contributed by atoms with van der Waals surface area (Å²) in [5.41, 5.74) is 3.62. The Balaban J connectivity index is 1.50. The Morgan fingerprint density at radius 3 is 2.12 bits per heavy atom. The molecule has 34 heavy (non-hydrogen) atoms. The lowest BCUT2D eigenvalue weighted by molar-refractivity contribution is -0.796. The number of benzene rings is 2. The smallest absolute Gasteiger partial charge is 0.444 e. The largest absolute Gasteiger partial charge is 0.527 e. The van der Waals surface area contributed by atoms with Gasteiger partial charge in [0.1, 0.15) is 24.8 Å². The number of carbonyl (C=O) groups is 3. The summed E-state index contributed by atoms with van der Waals surface area (Å²) in [5, 5.41) is 12.8. The van der Waals surface area contributed by atoms with Crippen molar-refractivity contribution in [2.45, 2.75) is 57.7 Å². The summed E-state index contributed by atoms with van der Waals surface area (Å²) in [5.74, 6) is -0.168. The van der Waals surface area contributed by atoms with E-state index in [0.717, 1.165) is 22.3 Å². The zero-order valence-corrected chi connectivity index (χ0v) is 19.9. The van der Waals surface area contributed by atoms with Gasteiger partial charge in [-0.2, -0.15) is 9.59 Å². The van der Waals surface area contributed by atoms with Crippen LogP contribution in [0.4, 0.5) is 14.4 Å². The lowest BCUT2D eigenvalue weighted by atomic mass is 9.98. The molecule has 2 aromatic carbocycles. The zero-order valence-electron chi connectivity index (χ0n) is 19.9. The van der Waals surface area contributed by atoms with Crippen LogP contribution in [0.15, 0.2) is 48.5 Å². The molecule has 4 rings (SSSR count). The van der Waals surface area contributed by atoms with E-state index in [0.29, 0.717) is 6.42 Å². The summed E-state index contributed by atoms with van der Waals surface area (Å²) < 4.78 is 10.1. The molecule has 1 saturated heterocycles. The standard InChI is InChI=1S/C26H30N2O6/c1-16-13-17(27-23(29)34-26(2,3)4)14-28(16,24(30)31)25(32)33-15-22-20-11-7-5-9-18(20)19-10-6-8-12-21(19)22/h5-12,16-17,22H,13-15H2,1-4H3,(H-,27,29,30,31)/p+1/t16-,17-,28?/m1/s1. The number of quaternary nitrogens is 1. The number of alkyl carbamates (subject to hydrolysis) is 1. The zero-order chi connectivity index (χ0) is 24.7. The summed E-state index contributed by atoms with van der Waals surface area (Å²) >= 11 is 0. The van der Waals surface area contributed by atoms with Crippen molar-refractivity contribution in [2.75, 3.05) is 13.2 Å². The summed E-state index contributed by atoms with van der Waals surface area (Å²) in [6.45, 7) is 6.87. The summed E-state index contributed by atoms with van der Waals surface area (Å²) in [6.07, 6.45) is -2.44. The van der Waals surface area contributed by atoms with Crippen LogP contribution >= 0.6 is 0 Å². The number of likely N-dealkylation sites (tertiary alicyclic amines) is 1. The molecule has 0 spiro atoms. The van der Waals surface area contributed by atoms with E-state index in [1.807, 2.05) is 48.5 Å². The van der Waals surface area contributed by atoms with E-state index < -0.39 is 40.4 Å². The van der Waals surface area contributed by atoms with Crippen LogP contribution in [-0.2, 0) is 9.47 Å². The normalized spacial score (nSPS) is 23.6. The number of ether oxygens (including phenoxy) is 2. The molecular formula is C26H31N2O6+. The van der Waals surface area contributed by atoms with Gasteiger partial charge in [-0.15, -0.1) is 4.48 Å². The number of carbonyl (C=O) groups excluding carboxylic acids is 2. The third-order valence-electron chi connectivity index (χ3n) is 6.61. The van der Waals surface area contributed by atoms with Crippen molar-refractivity contribution in [3.8, 4) is 11.1 Å². The minimum absolute atomic E-state index is 0.0387. The third kappa shape index (κ3) is 4.25. The number of amides is 3. The van der Waals surface area contributed by atoms with E-state index in [-0.39, 0.29) is 19.1 Å². The summed E-state index contributed by atoms with van der Waals surface area (Å²) in [7, 11) is 0. The minimum atomic E-state index is -1.29. The van der Waals surface area contributed by atoms with Gasteiger partial charge < -0.3 is 19.9 Å². The molecule has 1 aliphatic heterocycles. The van der Waals surface area contributed by atoms with Crippen LogP contribution < -0.4 is 5.32 Å². The highest BCUT2D eigenvalue weighted by Crippen LogP contribution is 2.44. The Hall–Kier alpha value is -3.39. The number of nitrogens with one attached hydrogen (secondary N) is 1. The van der Waals surface area contributed by atoms with Gasteiger partial charge in [-0.1, -0.05) is 48.5 Å². The number of hydrogen-bond donors (Lipinski definition) is 2. The number of hydrogen-bond acceptors (Lipinski definition) is 5. The Morgan fingerprint density at radius 2 is 1.59 bits per heavy atom. The van der Waals surface area contributed by atoms with Gasteiger partial charge in [0.25, 0.3) is 0 Å². The van der Waals surface area contributed by atoms with Gasteiger partial charge in [0, 0.05) is 12.3 Å². The fraction of sp³-hybridized carbons (Fsp3) is 0.423. The first-order valence-corrected chi connectivity index (χ1v) is 11.5. The molecule has 0 radical (unpaired) electrons. The Bertz CT molecular complexity index is 1080. The van der Waals surface area contributed by atoms with E-state index >= 15 is 0 Å². The van der Waals surface area contributed by atoms with E-state index in [1.165, 1.54) is 0 Å². The Kier molecular flexibility index (Phi) is 6.12. The maximum absolute atomic E-state index is 13.3. The van der Waals surface area contributed by atoms with Crippen molar-refractivity contribution in [2.24, 2.45) is 0 Å². The van der Waals surface area contributed by atoms with E-state index in [4.69, 9.17) is 9.47 Å². The number of rotatable bonds is 3. The molecule has 0 aromatic heterocycles. The molecule has 1 aliphatic carbocycles. The second-order valence-corrected chi connectivity index (χ2v) is 10.1. The Morgan fingerprint density at radius 1 is 1.03 bits per heavy atom. The predicted octanol–water partition coefficient (Wildman–Crippen LogP) is 5.12. The fourth-order valence-corrected chi connectivity index (χ4v) is 5.08. The van der Waals surface area contributed by atoms with Gasteiger partial charge in [0.15, 0.2) is 0 Å². The average Bonchev–Trinajstić information content (AvgIpc) is 3.26. The highest BCUT2D eigenvalue weighted by Gasteiger charge is 2.59. The monoisotopic (exact) mass is 467 g/mol. The first-order chi connectivity index (χ1) is 16.0. The highest BCUT2D eigenvalue weighted by molar-refractivity contribution is 5.79. The van der Waals surface area contributed by atoms with Gasteiger partial charge in [-0.05, 0) is 49.9 Å². The van der Waals surface area contributed by atoms with Crippen LogP contribution in [0, 0.1) is 0 Å². The molecule has 2 aliphatic rings. The van der Waals surface area contributed by atoms with Crippen molar-refractivity contribution in [3.63, 3.8) is 0 Å². The van der Waals surface area contributed by atoms with E-state index in [1.54, 1.807) is 27.7 Å². The van der Waals surface area contributed by atoms with Crippen LogP contribution in [0.5, 0.6) is 0 Å². The van der Waals surface area contributed by atoms with Gasteiger partial charge in [-0.25, -0.2) is 4.79 Å². The molecule has 1 heterocycles. The predicted molar refractivity (Wildman–Crippen MR) is 125 cm³/mol. The molecule has 8 nitrogen and oxygen atoms in total. The Labute approximate surface area is 199 Å². The van der Waals surface area contributed by atoms with Gasteiger partial charge in [0.2, 0.25) is 0 Å². The summed E-state index contributed by atoms with van der Waals surface area (Å²) in [6, 6.07) is 14.8. The van der Waals surface area contributed by atoms with Crippen LogP contribution in [0.25, 0.3) is 11.1 Å². The molecule has 3 amide bonds. The van der Waals surface area contributed by atoms with Gasteiger partial charge >= 0.3 is 18.3 Å². The number of imide groups is 1. The van der Waals surface area contributed by atoms with Crippen molar-refractivity contribution >= 4 is 18.3 Å². The minimum Gasteiger partial charge on any atom is -0.444 e. The van der Waals surface area contributed by atoms with Crippen LogP contribution in [0.2, 0.25) is 0 Å². The quantitative estimate of drug-likeness (QED) is 0.608. The van der Waals surface area contributed by atoms with Crippen LogP contribution in [0.3, 0.4) is 0 Å². The molecule has 2 aromatic rings. The summed E-state index contributed by atoms with van der Waals surface area (Å²) in [4.78, 5) is 37.8. The van der Waals surface area contributed by atoms with Gasteiger partial charge in [-0.3, -0.25) is 0 Å². The van der Waals surface area contributed by atoms with E-state index in [9.17, 15) is 19.5 Å². The van der Waals surface area contributed by atoms with Crippen molar-refractivity contribution in [1.82, 2.24) is 5.32 Å². The average molecular weight is 468 g/mol. The molecule has 3 atom stereocenters. The molecule has 0 bridgehead atoms. The molecular weight excluding hydrogens is 436 g/mol. The van der Waals surface area contributed by atoms with Crippen LogP contribution in [-0.4, -0.2) is 58.7 Å². The van der Waals surface area contributed by atoms with Crippen molar-refractivity contribution < 1.29 is 33.4 Å². The second-order valence-electron chi connectivity index (χ2n) is 10.1. The first kappa shape index (κ1) is 23.8. The number of fused-ring (bicyclic) bond motifs is 3. The fourth-order valence-electron chi connectivity index (χ4n) is 5.08. The number of carboxylic acid groups (broad SMARTS) is 1. The van der Waals surface area contributed by atoms with Crippen molar-refractivity contribution in [1.29, 1.82) is 0 Å². The van der Waals surface area contributed by atoms with Gasteiger partial charge in [0.05, 0.1) is 6.04 Å². The highest BCUT2D eigenvalue weighted by atomic mass is 16.6. The molecule has 8 heteroatoms. The molecule has 1 fully saturated rings. The molecule has 1 unspecified atom stereocenters. The molecule has 0 saturated carbocycles.